The van der Waals surface area contributed by atoms with Crippen molar-refractivity contribution < 1.29 is 14.3 Å². The summed E-state index contributed by atoms with van der Waals surface area (Å²) in [4.78, 5) is 31.9. The number of nitrogens with one attached hydrogen (secondary N) is 1. The lowest BCUT2D eigenvalue weighted by Gasteiger charge is -2.33. The van der Waals surface area contributed by atoms with E-state index in [1.807, 2.05) is 17.5 Å². The van der Waals surface area contributed by atoms with Crippen molar-refractivity contribution in [2.45, 2.75) is 32.7 Å². The number of aryl methyl sites for hydroxylation is 1. The van der Waals surface area contributed by atoms with E-state index in [0.717, 1.165) is 29.1 Å². The molecule has 0 saturated heterocycles. The second kappa shape index (κ2) is 9.48. The molecule has 0 radical (unpaired) electrons. The number of benzene rings is 2. The first-order chi connectivity index (χ1) is 15.4. The smallest absolute Gasteiger partial charge is 0.265 e. The highest BCUT2D eigenvalue weighted by molar-refractivity contribution is 7.09. The average molecular weight is 490 g/mol. The van der Waals surface area contributed by atoms with Crippen LogP contribution in [0.1, 0.15) is 25.3 Å². The van der Waals surface area contributed by atoms with Crippen LogP contribution >= 0.6 is 34.5 Å². The van der Waals surface area contributed by atoms with Gasteiger partial charge in [-0.1, -0.05) is 30.1 Å². The van der Waals surface area contributed by atoms with Gasteiger partial charge in [0.05, 0.1) is 27.1 Å². The van der Waals surface area contributed by atoms with Crippen LogP contribution in [0, 0.1) is 0 Å². The van der Waals surface area contributed by atoms with Gasteiger partial charge in [-0.05, 0) is 56.2 Å². The fourth-order valence-electron chi connectivity index (χ4n) is 3.47. The number of ether oxygens (including phenoxy) is 1. The molecule has 2 amide bonds. The Hall–Kier alpha value is -2.61. The molecule has 1 aliphatic rings. The maximum absolute atomic E-state index is 13.0. The van der Waals surface area contributed by atoms with Crippen molar-refractivity contribution in [1.29, 1.82) is 0 Å². The topological polar surface area (TPSA) is 71.5 Å². The molecule has 1 unspecified atom stereocenters. The van der Waals surface area contributed by atoms with Crippen molar-refractivity contribution in [1.82, 2.24) is 4.98 Å². The van der Waals surface area contributed by atoms with Crippen LogP contribution in [0.5, 0.6) is 5.75 Å². The number of amides is 2. The Morgan fingerprint density at radius 3 is 2.88 bits per heavy atom. The Labute approximate surface area is 200 Å². The van der Waals surface area contributed by atoms with Gasteiger partial charge >= 0.3 is 0 Å². The SMILES string of the molecule is CCCc1nc(-c2ccc3c(c2)N(C(C)C(=O)Nc2cc(Cl)ccc2Cl)C(=O)CO3)cs1. The van der Waals surface area contributed by atoms with Crippen LogP contribution in [-0.2, 0) is 16.0 Å². The number of halogens is 2. The molecule has 166 valence electrons. The third-order valence-corrected chi connectivity index (χ3v) is 6.58. The Kier molecular flexibility index (Phi) is 6.69. The molecule has 0 fully saturated rings. The number of hydrogen-bond donors (Lipinski definition) is 1. The first-order valence-corrected chi connectivity index (χ1v) is 11.8. The monoisotopic (exact) mass is 489 g/mol. The second-order valence-electron chi connectivity index (χ2n) is 7.40. The minimum atomic E-state index is -0.804. The van der Waals surface area contributed by atoms with Gasteiger partial charge in [0.1, 0.15) is 11.8 Å². The lowest BCUT2D eigenvalue weighted by molar-refractivity contribution is -0.125. The van der Waals surface area contributed by atoms with Crippen LogP contribution in [-0.4, -0.2) is 29.4 Å². The van der Waals surface area contributed by atoms with Gasteiger partial charge in [-0.25, -0.2) is 4.98 Å². The van der Waals surface area contributed by atoms with Crippen molar-refractivity contribution >= 4 is 57.7 Å². The van der Waals surface area contributed by atoms with E-state index in [1.54, 1.807) is 42.5 Å². The molecule has 9 heteroatoms. The van der Waals surface area contributed by atoms with Gasteiger partial charge in [-0.3, -0.25) is 14.5 Å². The predicted octanol–water partition coefficient (Wildman–Crippen LogP) is 5.82. The van der Waals surface area contributed by atoms with Gasteiger partial charge in [0, 0.05) is 16.0 Å². The molecule has 0 bridgehead atoms. The Morgan fingerprint density at radius 1 is 1.28 bits per heavy atom. The molecule has 1 atom stereocenters. The summed E-state index contributed by atoms with van der Waals surface area (Å²) in [7, 11) is 0. The molecule has 0 saturated carbocycles. The van der Waals surface area contributed by atoms with Crippen molar-refractivity contribution in [3.8, 4) is 17.0 Å². The molecule has 6 nitrogen and oxygen atoms in total. The first kappa shape index (κ1) is 22.6. The molecule has 32 heavy (non-hydrogen) atoms. The van der Waals surface area contributed by atoms with E-state index in [-0.39, 0.29) is 18.4 Å². The number of anilines is 2. The maximum atomic E-state index is 13.0. The molecule has 2 aromatic carbocycles. The van der Waals surface area contributed by atoms with E-state index in [4.69, 9.17) is 27.9 Å². The lowest BCUT2D eigenvalue weighted by atomic mass is 10.1. The van der Waals surface area contributed by atoms with Gasteiger partial charge in [0.25, 0.3) is 5.91 Å². The number of carbonyl (C=O) groups excluding carboxylic acids is 2. The zero-order valence-corrected chi connectivity index (χ0v) is 19.9. The minimum absolute atomic E-state index is 0.140. The number of carbonyl (C=O) groups is 2. The van der Waals surface area contributed by atoms with Crippen LogP contribution < -0.4 is 15.0 Å². The van der Waals surface area contributed by atoms with Crippen molar-refractivity contribution in [2.24, 2.45) is 0 Å². The molecule has 2 heterocycles. The van der Waals surface area contributed by atoms with E-state index < -0.39 is 6.04 Å². The number of nitrogens with zero attached hydrogens (tertiary/aromatic N) is 2. The predicted molar refractivity (Wildman–Crippen MR) is 129 cm³/mol. The van der Waals surface area contributed by atoms with Gasteiger partial charge in [0.2, 0.25) is 5.91 Å². The van der Waals surface area contributed by atoms with Gasteiger partial charge in [-0.2, -0.15) is 0 Å². The highest BCUT2D eigenvalue weighted by atomic mass is 35.5. The molecule has 3 aromatic rings. The summed E-state index contributed by atoms with van der Waals surface area (Å²) in [6.45, 7) is 3.64. The molecular weight excluding hydrogens is 469 g/mol. The van der Waals surface area contributed by atoms with E-state index in [9.17, 15) is 9.59 Å². The summed E-state index contributed by atoms with van der Waals surface area (Å²) < 4.78 is 5.60. The van der Waals surface area contributed by atoms with Gasteiger partial charge in [-0.15, -0.1) is 11.3 Å². The van der Waals surface area contributed by atoms with Gasteiger partial charge < -0.3 is 10.1 Å². The molecule has 1 aromatic heterocycles. The Balaban J connectivity index is 1.63. The third kappa shape index (κ3) is 4.60. The van der Waals surface area contributed by atoms with Crippen LogP contribution in [0.25, 0.3) is 11.3 Å². The number of rotatable bonds is 6. The van der Waals surface area contributed by atoms with E-state index in [2.05, 4.69) is 17.2 Å². The largest absolute Gasteiger partial charge is 0.482 e. The van der Waals surface area contributed by atoms with E-state index in [1.165, 1.54) is 4.90 Å². The van der Waals surface area contributed by atoms with Crippen LogP contribution in [0.2, 0.25) is 10.0 Å². The first-order valence-electron chi connectivity index (χ1n) is 10.2. The normalized spacial score (nSPS) is 14.0. The average Bonchev–Trinajstić information content (AvgIpc) is 3.24. The summed E-state index contributed by atoms with van der Waals surface area (Å²) in [5.74, 6) is -0.156. The highest BCUT2D eigenvalue weighted by Crippen LogP contribution is 2.38. The molecule has 1 N–H and O–H groups in total. The summed E-state index contributed by atoms with van der Waals surface area (Å²) in [6.07, 6.45) is 1.95. The van der Waals surface area contributed by atoms with Crippen molar-refractivity contribution in [2.75, 3.05) is 16.8 Å². The van der Waals surface area contributed by atoms with Crippen LogP contribution in [0.15, 0.2) is 41.8 Å². The Bertz CT molecular complexity index is 1180. The zero-order chi connectivity index (χ0) is 22.8. The van der Waals surface area contributed by atoms with Crippen molar-refractivity contribution in [3.05, 3.63) is 56.8 Å². The van der Waals surface area contributed by atoms with E-state index >= 15 is 0 Å². The minimum Gasteiger partial charge on any atom is -0.482 e. The molecular formula is C23H21Cl2N3O3S. The number of aromatic nitrogens is 1. The highest BCUT2D eigenvalue weighted by Gasteiger charge is 2.33. The summed E-state index contributed by atoms with van der Waals surface area (Å²) in [6, 6.07) is 9.56. The molecule has 0 aliphatic carbocycles. The fourth-order valence-corrected chi connectivity index (χ4v) is 4.72. The second-order valence-corrected chi connectivity index (χ2v) is 9.19. The maximum Gasteiger partial charge on any atom is 0.265 e. The molecule has 1 aliphatic heterocycles. The standard InChI is InChI=1S/C23H21Cl2N3O3S/c1-3-4-21-26-18(12-32-21)14-5-8-20-19(9-14)28(22(29)11-31-20)13(2)23(30)27-17-10-15(24)6-7-16(17)25/h5-10,12-13H,3-4,11H2,1-2H3,(H,27,30). The number of thiazole rings is 1. The summed E-state index contributed by atoms with van der Waals surface area (Å²) in [5.41, 5.74) is 2.61. The third-order valence-electron chi connectivity index (χ3n) is 5.10. The Morgan fingerprint density at radius 2 is 2.09 bits per heavy atom. The van der Waals surface area contributed by atoms with Gasteiger partial charge in [0.15, 0.2) is 6.61 Å². The quantitative estimate of drug-likeness (QED) is 0.473. The zero-order valence-electron chi connectivity index (χ0n) is 17.5. The number of fused-ring (bicyclic) bond motifs is 1. The summed E-state index contributed by atoms with van der Waals surface area (Å²) in [5, 5.41) is 6.63. The van der Waals surface area contributed by atoms with Crippen molar-refractivity contribution in [3.63, 3.8) is 0 Å². The van der Waals surface area contributed by atoms with Crippen LogP contribution in [0.4, 0.5) is 11.4 Å². The molecule has 0 spiro atoms. The van der Waals surface area contributed by atoms with Crippen LogP contribution in [0.3, 0.4) is 0 Å². The van der Waals surface area contributed by atoms with E-state index in [0.29, 0.717) is 27.2 Å². The summed E-state index contributed by atoms with van der Waals surface area (Å²) >= 11 is 13.8. The fraction of sp³-hybridized carbons (Fsp3) is 0.261. The molecule has 4 rings (SSSR count). The lowest BCUT2D eigenvalue weighted by Crippen LogP contribution is -2.49. The number of hydrogen-bond acceptors (Lipinski definition) is 5.